The van der Waals surface area contributed by atoms with Crippen LogP contribution in [0.1, 0.15) is 65.9 Å². The second-order valence-electron chi connectivity index (χ2n) is 7.63. The molecular formula is C18H26N6O2. The summed E-state index contributed by atoms with van der Waals surface area (Å²) >= 11 is 0. The summed E-state index contributed by atoms with van der Waals surface area (Å²) in [6.45, 7) is 1.55. The lowest BCUT2D eigenvalue weighted by atomic mass is 9.96. The summed E-state index contributed by atoms with van der Waals surface area (Å²) in [5, 5.41) is 11.3. The van der Waals surface area contributed by atoms with Crippen molar-refractivity contribution in [3.63, 3.8) is 0 Å². The second-order valence-corrected chi connectivity index (χ2v) is 7.63. The van der Waals surface area contributed by atoms with Gasteiger partial charge in [-0.15, -0.1) is 0 Å². The Balaban J connectivity index is 1.50. The minimum absolute atomic E-state index is 0.0243. The fourth-order valence-corrected chi connectivity index (χ4v) is 3.66. The molecule has 2 fully saturated rings. The van der Waals surface area contributed by atoms with Crippen LogP contribution in [0.15, 0.2) is 10.7 Å². The Hall–Kier alpha value is -2.22. The lowest BCUT2D eigenvalue weighted by Gasteiger charge is -2.34. The number of carbonyl (C=O) groups is 1. The first kappa shape index (κ1) is 17.2. The van der Waals surface area contributed by atoms with E-state index in [1.807, 2.05) is 0 Å². The highest BCUT2D eigenvalue weighted by Crippen LogP contribution is 2.34. The van der Waals surface area contributed by atoms with Gasteiger partial charge < -0.3 is 9.42 Å². The summed E-state index contributed by atoms with van der Waals surface area (Å²) in [6.07, 6.45) is 8.36. The first-order valence-corrected chi connectivity index (χ1v) is 9.42. The Bertz CT molecular complexity index is 763. The van der Waals surface area contributed by atoms with E-state index in [4.69, 9.17) is 4.52 Å². The molecule has 0 spiro atoms. The molecule has 26 heavy (non-hydrogen) atoms. The van der Waals surface area contributed by atoms with Crippen molar-refractivity contribution in [3.8, 4) is 0 Å². The van der Waals surface area contributed by atoms with E-state index >= 15 is 0 Å². The standard InChI is InChI=1S/C18H26N6O2/c1-23(2)18(25)13-10-19-21-17(13)14-5-3-4-8-24(14)11-16-20-15(22-26-16)9-12-6-7-12/h10,12,14H,3-9,11H2,1-2H3,(H,19,21). The van der Waals surface area contributed by atoms with Gasteiger partial charge in [0.2, 0.25) is 5.89 Å². The number of piperidine rings is 1. The molecule has 1 atom stereocenters. The molecule has 8 heteroatoms. The molecule has 1 saturated carbocycles. The van der Waals surface area contributed by atoms with Gasteiger partial charge in [0.25, 0.3) is 5.91 Å². The monoisotopic (exact) mass is 358 g/mol. The van der Waals surface area contributed by atoms with Crippen LogP contribution in [-0.4, -0.2) is 56.7 Å². The van der Waals surface area contributed by atoms with Crippen molar-refractivity contribution >= 4 is 5.91 Å². The van der Waals surface area contributed by atoms with Gasteiger partial charge in [0.1, 0.15) is 0 Å². The smallest absolute Gasteiger partial charge is 0.256 e. The number of aromatic nitrogens is 4. The van der Waals surface area contributed by atoms with Crippen LogP contribution in [0.25, 0.3) is 0 Å². The van der Waals surface area contributed by atoms with Gasteiger partial charge in [0, 0.05) is 20.5 Å². The molecule has 2 aromatic heterocycles. The van der Waals surface area contributed by atoms with Crippen molar-refractivity contribution in [2.24, 2.45) is 5.92 Å². The van der Waals surface area contributed by atoms with E-state index in [1.54, 1.807) is 25.2 Å². The molecule has 1 aliphatic heterocycles. The third-order valence-electron chi connectivity index (χ3n) is 5.27. The van der Waals surface area contributed by atoms with Crippen molar-refractivity contribution in [3.05, 3.63) is 29.2 Å². The number of rotatable bonds is 6. The molecule has 140 valence electrons. The van der Waals surface area contributed by atoms with Crippen molar-refractivity contribution in [2.75, 3.05) is 20.6 Å². The van der Waals surface area contributed by atoms with E-state index in [2.05, 4.69) is 25.2 Å². The minimum atomic E-state index is -0.0243. The van der Waals surface area contributed by atoms with Gasteiger partial charge in [0.15, 0.2) is 5.82 Å². The maximum Gasteiger partial charge on any atom is 0.256 e. The van der Waals surface area contributed by atoms with E-state index in [-0.39, 0.29) is 11.9 Å². The average molecular weight is 358 g/mol. The number of likely N-dealkylation sites (tertiary alicyclic amines) is 1. The molecular weight excluding hydrogens is 332 g/mol. The van der Waals surface area contributed by atoms with Crippen molar-refractivity contribution in [2.45, 2.75) is 51.1 Å². The summed E-state index contributed by atoms with van der Waals surface area (Å²) in [4.78, 5) is 20.9. The number of amides is 1. The average Bonchev–Trinajstić information content (AvgIpc) is 3.13. The molecule has 2 aromatic rings. The lowest BCUT2D eigenvalue weighted by Crippen LogP contribution is -2.34. The van der Waals surface area contributed by atoms with Crippen LogP contribution in [0, 0.1) is 5.92 Å². The Labute approximate surface area is 152 Å². The fraction of sp³-hybridized carbons (Fsp3) is 0.667. The number of aromatic amines is 1. The SMILES string of the molecule is CN(C)C(=O)c1cn[nH]c1C1CCCCN1Cc1nc(CC2CC2)no1. The quantitative estimate of drug-likeness (QED) is 0.851. The van der Waals surface area contributed by atoms with E-state index in [0.717, 1.165) is 49.7 Å². The topological polar surface area (TPSA) is 91.2 Å². The Morgan fingerprint density at radius 3 is 2.96 bits per heavy atom. The van der Waals surface area contributed by atoms with E-state index in [1.165, 1.54) is 12.8 Å². The highest BCUT2D eigenvalue weighted by Gasteiger charge is 2.31. The number of hydrogen-bond acceptors (Lipinski definition) is 6. The van der Waals surface area contributed by atoms with Gasteiger partial charge in [-0.1, -0.05) is 11.6 Å². The number of nitrogens with one attached hydrogen (secondary N) is 1. The summed E-state index contributed by atoms with van der Waals surface area (Å²) < 4.78 is 5.47. The maximum absolute atomic E-state index is 12.5. The number of hydrogen-bond donors (Lipinski definition) is 1. The minimum Gasteiger partial charge on any atom is -0.345 e. The van der Waals surface area contributed by atoms with Crippen LogP contribution in [0.2, 0.25) is 0 Å². The summed E-state index contributed by atoms with van der Waals surface area (Å²) in [5.74, 6) is 2.20. The van der Waals surface area contributed by atoms with Crippen LogP contribution < -0.4 is 0 Å². The molecule has 8 nitrogen and oxygen atoms in total. The van der Waals surface area contributed by atoms with Gasteiger partial charge >= 0.3 is 0 Å². The molecule has 3 heterocycles. The molecule has 0 aromatic carbocycles. The van der Waals surface area contributed by atoms with Crippen LogP contribution in [0.4, 0.5) is 0 Å². The molecule has 2 aliphatic rings. The summed E-state index contributed by atoms with van der Waals surface area (Å²) in [5.41, 5.74) is 1.54. The predicted molar refractivity (Wildman–Crippen MR) is 94.3 cm³/mol. The molecule has 4 rings (SSSR count). The predicted octanol–water partition coefficient (Wildman–Crippen LogP) is 2.17. The lowest BCUT2D eigenvalue weighted by molar-refractivity contribution is 0.0816. The molecule has 1 N–H and O–H groups in total. The van der Waals surface area contributed by atoms with E-state index in [0.29, 0.717) is 18.0 Å². The highest BCUT2D eigenvalue weighted by atomic mass is 16.5. The first-order valence-electron chi connectivity index (χ1n) is 9.42. The maximum atomic E-state index is 12.5. The molecule has 1 unspecified atom stereocenters. The van der Waals surface area contributed by atoms with Crippen LogP contribution in [0.3, 0.4) is 0 Å². The summed E-state index contributed by atoms with van der Waals surface area (Å²) in [7, 11) is 3.52. The number of H-pyrrole nitrogens is 1. The Kier molecular flexibility index (Phi) is 4.76. The second kappa shape index (κ2) is 7.19. The fourth-order valence-electron chi connectivity index (χ4n) is 3.66. The number of nitrogens with zero attached hydrogens (tertiary/aromatic N) is 5. The van der Waals surface area contributed by atoms with Gasteiger partial charge in [-0.2, -0.15) is 10.1 Å². The molecule has 1 amide bonds. The third-order valence-corrected chi connectivity index (χ3v) is 5.27. The van der Waals surface area contributed by atoms with Crippen LogP contribution in [0.5, 0.6) is 0 Å². The van der Waals surface area contributed by atoms with Gasteiger partial charge in [0.05, 0.1) is 30.0 Å². The largest absolute Gasteiger partial charge is 0.345 e. The zero-order valence-corrected chi connectivity index (χ0v) is 15.4. The van der Waals surface area contributed by atoms with Gasteiger partial charge in [-0.05, 0) is 38.1 Å². The van der Waals surface area contributed by atoms with Crippen molar-refractivity contribution in [1.29, 1.82) is 0 Å². The Morgan fingerprint density at radius 1 is 1.35 bits per heavy atom. The van der Waals surface area contributed by atoms with Crippen LogP contribution in [-0.2, 0) is 13.0 Å². The molecule has 1 aliphatic carbocycles. The normalized spacial score (nSPS) is 21.1. The van der Waals surface area contributed by atoms with Gasteiger partial charge in [-0.25, -0.2) is 0 Å². The van der Waals surface area contributed by atoms with Crippen molar-refractivity contribution in [1.82, 2.24) is 30.1 Å². The molecule has 1 saturated heterocycles. The Morgan fingerprint density at radius 2 is 2.19 bits per heavy atom. The molecule has 0 radical (unpaired) electrons. The highest BCUT2D eigenvalue weighted by molar-refractivity contribution is 5.94. The van der Waals surface area contributed by atoms with E-state index < -0.39 is 0 Å². The zero-order valence-electron chi connectivity index (χ0n) is 15.4. The van der Waals surface area contributed by atoms with E-state index in [9.17, 15) is 4.79 Å². The van der Waals surface area contributed by atoms with Crippen LogP contribution >= 0.6 is 0 Å². The summed E-state index contributed by atoms with van der Waals surface area (Å²) in [6, 6.07) is 0.115. The molecule has 0 bridgehead atoms. The third kappa shape index (κ3) is 3.65. The van der Waals surface area contributed by atoms with Gasteiger partial charge in [-0.3, -0.25) is 14.8 Å². The first-order chi connectivity index (χ1) is 12.6. The zero-order chi connectivity index (χ0) is 18.1. The number of carbonyl (C=O) groups excluding carboxylic acids is 1. The van der Waals surface area contributed by atoms with Crippen molar-refractivity contribution < 1.29 is 9.32 Å².